The summed E-state index contributed by atoms with van der Waals surface area (Å²) in [6.07, 6.45) is 2.44. The Hall–Kier alpha value is -1.53. The molecule has 1 aromatic carbocycles. The van der Waals surface area contributed by atoms with Gasteiger partial charge in [-0.05, 0) is 38.1 Å². The molecule has 0 unspecified atom stereocenters. The Morgan fingerprint density at radius 1 is 1.20 bits per heavy atom. The Kier molecular flexibility index (Phi) is 3.21. The highest BCUT2D eigenvalue weighted by Gasteiger charge is 2.13. The quantitative estimate of drug-likeness (QED) is 0.745. The second-order valence-electron chi connectivity index (χ2n) is 3.67. The van der Waals surface area contributed by atoms with Crippen molar-refractivity contribution in [2.75, 3.05) is 13.1 Å². The summed E-state index contributed by atoms with van der Waals surface area (Å²) in [6.45, 7) is 8.91. The highest BCUT2D eigenvalue weighted by atomic mass is 16.5. The first kappa shape index (κ1) is 10.0. The van der Waals surface area contributed by atoms with E-state index in [-0.39, 0.29) is 0 Å². The molecule has 78 valence electrons. The molecule has 0 bridgehead atoms. The number of piperidine rings is 1. The summed E-state index contributed by atoms with van der Waals surface area (Å²) in [5.74, 6) is 0.870. The van der Waals surface area contributed by atoms with Crippen LogP contribution in [0.4, 0.5) is 5.69 Å². The van der Waals surface area contributed by atoms with Crippen molar-refractivity contribution in [3.8, 4) is 5.75 Å². The van der Waals surface area contributed by atoms with Gasteiger partial charge in [-0.3, -0.25) is 0 Å². The van der Waals surface area contributed by atoms with Gasteiger partial charge >= 0.3 is 0 Å². The van der Waals surface area contributed by atoms with E-state index in [0.29, 0.717) is 11.8 Å². The third-order valence-electron chi connectivity index (χ3n) is 2.55. The zero-order chi connectivity index (χ0) is 10.5. The third kappa shape index (κ3) is 2.71. The zero-order valence-corrected chi connectivity index (χ0v) is 8.57. The number of rotatable bonds is 2. The highest BCUT2D eigenvalue weighted by molar-refractivity contribution is 5.47. The second kappa shape index (κ2) is 4.81. The molecule has 2 rings (SSSR count). The van der Waals surface area contributed by atoms with Crippen LogP contribution in [0.3, 0.4) is 0 Å². The number of nitrogens with zero attached hydrogens (tertiary/aromatic N) is 1. The Morgan fingerprint density at radius 2 is 1.87 bits per heavy atom. The first-order valence-electron chi connectivity index (χ1n) is 5.23. The van der Waals surface area contributed by atoms with E-state index in [1.807, 2.05) is 12.1 Å². The Morgan fingerprint density at radius 3 is 2.47 bits per heavy atom. The van der Waals surface area contributed by atoms with Crippen LogP contribution in [-0.2, 0) is 0 Å². The van der Waals surface area contributed by atoms with E-state index in [4.69, 9.17) is 11.3 Å². The maximum atomic E-state index is 6.84. The van der Waals surface area contributed by atoms with Crippen molar-refractivity contribution in [1.82, 2.24) is 5.32 Å². The van der Waals surface area contributed by atoms with E-state index in [0.717, 1.165) is 31.7 Å². The van der Waals surface area contributed by atoms with E-state index in [1.165, 1.54) is 0 Å². The van der Waals surface area contributed by atoms with Gasteiger partial charge in [0.15, 0.2) is 5.69 Å². The molecule has 0 amide bonds. The number of hydrogen-bond acceptors (Lipinski definition) is 2. The van der Waals surface area contributed by atoms with Crippen molar-refractivity contribution < 1.29 is 4.74 Å². The molecule has 0 radical (unpaired) electrons. The minimum atomic E-state index is 0.324. The molecule has 1 fully saturated rings. The largest absolute Gasteiger partial charge is 0.490 e. The minimum absolute atomic E-state index is 0.324. The average molecular weight is 202 g/mol. The molecule has 0 atom stereocenters. The van der Waals surface area contributed by atoms with Crippen LogP contribution in [0.1, 0.15) is 12.8 Å². The molecule has 1 aliphatic rings. The van der Waals surface area contributed by atoms with Gasteiger partial charge in [-0.1, -0.05) is 12.1 Å². The molecule has 0 aromatic heterocycles. The molecule has 15 heavy (non-hydrogen) atoms. The summed E-state index contributed by atoms with van der Waals surface area (Å²) < 4.78 is 5.81. The lowest BCUT2D eigenvalue weighted by atomic mass is 10.1. The maximum absolute atomic E-state index is 6.84. The molecule has 0 spiro atoms. The van der Waals surface area contributed by atoms with Gasteiger partial charge in [0.1, 0.15) is 11.9 Å². The SMILES string of the molecule is [C-]#[N+]c1ccc(OC2CCNCC2)cc1. The average Bonchev–Trinajstić information content (AvgIpc) is 2.31. The van der Waals surface area contributed by atoms with E-state index in [1.54, 1.807) is 12.1 Å². The zero-order valence-electron chi connectivity index (χ0n) is 8.57. The third-order valence-corrected chi connectivity index (χ3v) is 2.55. The minimum Gasteiger partial charge on any atom is -0.490 e. The molecule has 1 heterocycles. The van der Waals surface area contributed by atoms with Crippen LogP contribution < -0.4 is 10.1 Å². The molecule has 1 saturated heterocycles. The van der Waals surface area contributed by atoms with Crippen LogP contribution >= 0.6 is 0 Å². The molecular weight excluding hydrogens is 188 g/mol. The van der Waals surface area contributed by atoms with Crippen molar-refractivity contribution in [2.24, 2.45) is 0 Å². The van der Waals surface area contributed by atoms with Crippen molar-refractivity contribution in [1.29, 1.82) is 0 Å². The predicted octanol–water partition coefficient (Wildman–Crippen LogP) is 2.37. The lowest BCUT2D eigenvalue weighted by Crippen LogP contribution is -2.34. The van der Waals surface area contributed by atoms with E-state index < -0.39 is 0 Å². The normalized spacial score (nSPS) is 17.0. The van der Waals surface area contributed by atoms with E-state index >= 15 is 0 Å². The van der Waals surface area contributed by atoms with Gasteiger partial charge in [-0.25, -0.2) is 4.85 Å². The standard InChI is InChI=1S/C12H14N2O/c1-13-10-2-4-11(5-3-10)15-12-6-8-14-9-7-12/h2-5,12,14H,6-9H2. The Labute approximate surface area is 89.9 Å². The molecule has 3 heteroatoms. The first-order valence-corrected chi connectivity index (χ1v) is 5.23. The van der Waals surface area contributed by atoms with Crippen molar-refractivity contribution in [3.63, 3.8) is 0 Å². The monoisotopic (exact) mass is 202 g/mol. The number of ether oxygens (including phenoxy) is 1. The smallest absolute Gasteiger partial charge is 0.187 e. The molecular formula is C12H14N2O. The molecule has 0 saturated carbocycles. The van der Waals surface area contributed by atoms with E-state index in [2.05, 4.69) is 10.2 Å². The maximum Gasteiger partial charge on any atom is 0.187 e. The van der Waals surface area contributed by atoms with Crippen LogP contribution in [0.2, 0.25) is 0 Å². The van der Waals surface area contributed by atoms with E-state index in [9.17, 15) is 0 Å². The van der Waals surface area contributed by atoms with Crippen LogP contribution in [0.25, 0.3) is 4.85 Å². The first-order chi connectivity index (χ1) is 7.38. The summed E-state index contributed by atoms with van der Waals surface area (Å²) in [5, 5.41) is 3.30. The number of hydrogen-bond donors (Lipinski definition) is 1. The van der Waals surface area contributed by atoms with Crippen molar-refractivity contribution >= 4 is 5.69 Å². The highest BCUT2D eigenvalue weighted by Crippen LogP contribution is 2.20. The lowest BCUT2D eigenvalue weighted by molar-refractivity contribution is 0.162. The molecule has 1 aromatic rings. The van der Waals surface area contributed by atoms with Crippen molar-refractivity contribution in [2.45, 2.75) is 18.9 Å². The van der Waals surface area contributed by atoms with Gasteiger partial charge in [0.25, 0.3) is 0 Å². The summed E-state index contributed by atoms with van der Waals surface area (Å²) in [7, 11) is 0. The van der Waals surface area contributed by atoms with Crippen LogP contribution in [0.15, 0.2) is 24.3 Å². The Bertz CT molecular complexity index is 347. The van der Waals surface area contributed by atoms with Gasteiger partial charge in [0.2, 0.25) is 0 Å². The molecule has 1 N–H and O–H groups in total. The summed E-state index contributed by atoms with van der Waals surface area (Å²) >= 11 is 0. The predicted molar refractivity (Wildman–Crippen MR) is 59.2 cm³/mol. The van der Waals surface area contributed by atoms with Crippen LogP contribution in [-0.4, -0.2) is 19.2 Å². The van der Waals surface area contributed by atoms with Gasteiger partial charge in [-0.15, -0.1) is 0 Å². The van der Waals surface area contributed by atoms with Gasteiger partial charge < -0.3 is 10.1 Å². The summed E-state index contributed by atoms with van der Waals surface area (Å²) in [6, 6.07) is 7.33. The number of nitrogens with one attached hydrogen (secondary N) is 1. The number of benzene rings is 1. The fourth-order valence-corrected chi connectivity index (χ4v) is 1.70. The van der Waals surface area contributed by atoms with Crippen LogP contribution in [0.5, 0.6) is 5.75 Å². The fraction of sp³-hybridized carbons (Fsp3) is 0.417. The second-order valence-corrected chi connectivity index (χ2v) is 3.67. The van der Waals surface area contributed by atoms with Crippen molar-refractivity contribution in [3.05, 3.63) is 35.7 Å². The summed E-state index contributed by atoms with van der Waals surface area (Å²) in [5.41, 5.74) is 0.660. The van der Waals surface area contributed by atoms with Gasteiger partial charge in [-0.2, -0.15) is 0 Å². The Balaban J connectivity index is 1.95. The topological polar surface area (TPSA) is 25.6 Å². The summed E-state index contributed by atoms with van der Waals surface area (Å²) in [4.78, 5) is 3.34. The lowest BCUT2D eigenvalue weighted by Gasteiger charge is -2.23. The van der Waals surface area contributed by atoms with Gasteiger partial charge in [0, 0.05) is 0 Å². The molecule has 0 aliphatic carbocycles. The van der Waals surface area contributed by atoms with Gasteiger partial charge in [0.05, 0.1) is 6.57 Å². The molecule has 3 nitrogen and oxygen atoms in total. The van der Waals surface area contributed by atoms with Crippen LogP contribution in [0, 0.1) is 6.57 Å². The fourth-order valence-electron chi connectivity index (χ4n) is 1.70. The molecule has 1 aliphatic heterocycles.